The number of oxazole rings is 1. The highest BCUT2D eigenvalue weighted by molar-refractivity contribution is 5.92. The van der Waals surface area contributed by atoms with Crippen LogP contribution in [0.25, 0.3) is 10.9 Å². The van der Waals surface area contributed by atoms with Gasteiger partial charge >= 0.3 is 0 Å². The summed E-state index contributed by atoms with van der Waals surface area (Å²) in [5, 5.41) is 0.993. The zero-order valence-electron chi connectivity index (χ0n) is 16.3. The quantitative estimate of drug-likeness (QED) is 0.500. The second-order valence-corrected chi connectivity index (χ2v) is 7.18. The maximum Gasteiger partial charge on any atom is 0.276 e. The molecule has 1 fully saturated rings. The molecule has 0 spiro atoms. The highest BCUT2D eigenvalue weighted by atomic mass is 16.5. The zero-order valence-corrected chi connectivity index (χ0v) is 16.3. The second kappa shape index (κ2) is 7.94. The van der Waals surface area contributed by atoms with Gasteiger partial charge in [0.1, 0.15) is 12.0 Å². The van der Waals surface area contributed by atoms with Crippen molar-refractivity contribution in [2.75, 3.05) is 6.54 Å². The molecule has 0 aliphatic carbocycles. The first-order chi connectivity index (χ1) is 14.8. The number of likely N-dealkylation sites (tertiary alicyclic amines) is 1. The molecule has 1 aliphatic heterocycles. The van der Waals surface area contributed by atoms with Gasteiger partial charge in [-0.25, -0.2) is 4.98 Å². The predicted molar refractivity (Wildman–Crippen MR) is 110 cm³/mol. The number of nitrogens with zero attached hydrogens (tertiary/aromatic N) is 4. The summed E-state index contributed by atoms with van der Waals surface area (Å²) in [6.45, 7) is 0.826. The van der Waals surface area contributed by atoms with E-state index in [2.05, 4.69) is 15.0 Å². The van der Waals surface area contributed by atoms with Crippen molar-refractivity contribution in [3.63, 3.8) is 0 Å². The molecule has 150 valence electrons. The average molecular weight is 400 g/mol. The first-order valence-electron chi connectivity index (χ1n) is 9.92. The summed E-state index contributed by atoms with van der Waals surface area (Å²) in [6.07, 6.45) is 6.75. The lowest BCUT2D eigenvalue weighted by Gasteiger charge is -2.23. The lowest BCUT2D eigenvalue weighted by atomic mass is 10.1. The Morgan fingerprint density at radius 2 is 2.07 bits per heavy atom. The molecule has 7 nitrogen and oxygen atoms in total. The molecule has 4 aromatic rings. The number of carbonyl (C=O) groups is 1. The summed E-state index contributed by atoms with van der Waals surface area (Å²) in [7, 11) is 0. The van der Waals surface area contributed by atoms with E-state index < -0.39 is 0 Å². The van der Waals surface area contributed by atoms with Crippen LogP contribution in [0.3, 0.4) is 0 Å². The van der Waals surface area contributed by atoms with Gasteiger partial charge in [-0.15, -0.1) is 0 Å². The summed E-state index contributed by atoms with van der Waals surface area (Å²) < 4.78 is 11.3. The number of amides is 1. The second-order valence-electron chi connectivity index (χ2n) is 7.18. The maximum absolute atomic E-state index is 13.0. The van der Waals surface area contributed by atoms with Crippen LogP contribution in [-0.4, -0.2) is 32.3 Å². The molecule has 0 saturated carbocycles. The molecule has 1 amide bonds. The Morgan fingerprint density at radius 3 is 2.97 bits per heavy atom. The molecule has 1 saturated heterocycles. The molecule has 0 radical (unpaired) electrons. The minimum atomic E-state index is -0.144. The molecule has 7 heteroatoms. The fraction of sp³-hybridized carbons (Fsp3) is 0.217. The third-order valence-corrected chi connectivity index (χ3v) is 5.25. The van der Waals surface area contributed by atoms with Crippen molar-refractivity contribution in [3.05, 3.63) is 84.5 Å². The summed E-state index contributed by atoms with van der Waals surface area (Å²) in [4.78, 5) is 27.9. The molecule has 4 heterocycles. The van der Waals surface area contributed by atoms with Crippen molar-refractivity contribution in [1.29, 1.82) is 0 Å². The van der Waals surface area contributed by atoms with Crippen molar-refractivity contribution in [1.82, 2.24) is 19.9 Å². The van der Waals surface area contributed by atoms with E-state index in [0.717, 1.165) is 29.4 Å². The zero-order chi connectivity index (χ0) is 20.3. The number of fused-ring (bicyclic) bond motifs is 1. The number of pyridine rings is 2. The van der Waals surface area contributed by atoms with E-state index in [-0.39, 0.29) is 18.6 Å². The number of hydrogen-bond donors (Lipinski definition) is 0. The number of rotatable bonds is 5. The van der Waals surface area contributed by atoms with Gasteiger partial charge in [0.15, 0.2) is 12.3 Å². The van der Waals surface area contributed by atoms with Crippen LogP contribution in [0.2, 0.25) is 0 Å². The Labute approximate surface area is 173 Å². The molecule has 1 unspecified atom stereocenters. The van der Waals surface area contributed by atoms with Crippen LogP contribution < -0.4 is 4.74 Å². The monoisotopic (exact) mass is 400 g/mol. The Balaban J connectivity index is 1.27. The Kier molecular flexibility index (Phi) is 4.85. The van der Waals surface area contributed by atoms with Gasteiger partial charge in [-0.3, -0.25) is 14.8 Å². The number of hydrogen-bond acceptors (Lipinski definition) is 6. The summed E-state index contributed by atoms with van der Waals surface area (Å²) in [5.74, 6) is 0.907. The van der Waals surface area contributed by atoms with Crippen LogP contribution in [0.1, 0.15) is 41.0 Å². The molecular formula is C23H20N4O3. The lowest BCUT2D eigenvalue weighted by molar-refractivity contribution is 0.0727. The predicted octanol–water partition coefficient (Wildman–Crippen LogP) is 4.17. The normalized spacial score (nSPS) is 16.1. The van der Waals surface area contributed by atoms with Crippen molar-refractivity contribution in [2.24, 2.45) is 0 Å². The van der Waals surface area contributed by atoms with Gasteiger partial charge in [0, 0.05) is 24.3 Å². The molecule has 30 heavy (non-hydrogen) atoms. The summed E-state index contributed by atoms with van der Waals surface area (Å²) in [6, 6.07) is 15.3. The van der Waals surface area contributed by atoms with Gasteiger partial charge in [-0.1, -0.05) is 12.1 Å². The largest absolute Gasteiger partial charge is 0.484 e. The molecule has 1 atom stereocenters. The van der Waals surface area contributed by atoms with Crippen LogP contribution in [0.4, 0.5) is 0 Å². The van der Waals surface area contributed by atoms with Crippen molar-refractivity contribution >= 4 is 16.8 Å². The third-order valence-electron chi connectivity index (χ3n) is 5.25. The lowest BCUT2D eigenvalue weighted by Crippen LogP contribution is -2.31. The van der Waals surface area contributed by atoms with E-state index in [9.17, 15) is 4.79 Å². The van der Waals surface area contributed by atoms with E-state index in [1.165, 1.54) is 6.26 Å². The first-order valence-corrected chi connectivity index (χ1v) is 9.92. The van der Waals surface area contributed by atoms with Crippen molar-refractivity contribution < 1.29 is 13.9 Å². The topological polar surface area (TPSA) is 81.3 Å². The van der Waals surface area contributed by atoms with Crippen LogP contribution in [0.15, 0.2) is 71.6 Å². The number of carbonyl (C=O) groups excluding carboxylic acids is 1. The standard InChI is InChI=1S/C23H20N4O3/c28-23(27-12-4-7-21(27)19-6-1-2-10-25-19)20-14-30-22(26-20)15-29-17-8-9-18-16(13-17)5-3-11-24-18/h1-3,5-6,8-11,13-14,21H,4,7,12,15H2. The van der Waals surface area contributed by atoms with E-state index in [1.807, 2.05) is 53.4 Å². The Hall–Kier alpha value is -3.74. The molecule has 1 aromatic carbocycles. The number of benzene rings is 1. The van der Waals surface area contributed by atoms with Gasteiger partial charge < -0.3 is 14.1 Å². The third kappa shape index (κ3) is 3.61. The first kappa shape index (κ1) is 18.3. The van der Waals surface area contributed by atoms with E-state index in [0.29, 0.717) is 23.9 Å². The van der Waals surface area contributed by atoms with E-state index in [4.69, 9.17) is 9.15 Å². The van der Waals surface area contributed by atoms with E-state index >= 15 is 0 Å². The smallest absolute Gasteiger partial charge is 0.276 e. The van der Waals surface area contributed by atoms with Crippen LogP contribution in [-0.2, 0) is 6.61 Å². The highest BCUT2D eigenvalue weighted by Crippen LogP contribution is 2.31. The number of ether oxygens (including phenoxy) is 1. The Bertz CT molecular complexity index is 1180. The molecule has 5 rings (SSSR count). The molecule has 0 bridgehead atoms. The average Bonchev–Trinajstić information content (AvgIpc) is 3.48. The van der Waals surface area contributed by atoms with Gasteiger partial charge in [0.2, 0.25) is 5.89 Å². The van der Waals surface area contributed by atoms with Gasteiger partial charge in [0.25, 0.3) is 5.91 Å². The summed E-state index contributed by atoms with van der Waals surface area (Å²) in [5.41, 5.74) is 2.10. The minimum absolute atomic E-state index is 0.0266. The van der Waals surface area contributed by atoms with Crippen LogP contribution in [0, 0.1) is 0 Å². The molecule has 3 aromatic heterocycles. The van der Waals surface area contributed by atoms with Crippen LogP contribution in [0.5, 0.6) is 5.75 Å². The number of aromatic nitrogens is 3. The van der Waals surface area contributed by atoms with Crippen LogP contribution >= 0.6 is 0 Å². The maximum atomic E-state index is 13.0. The fourth-order valence-corrected chi connectivity index (χ4v) is 3.80. The van der Waals surface area contributed by atoms with Gasteiger partial charge in [-0.05, 0) is 49.2 Å². The molecule has 1 aliphatic rings. The van der Waals surface area contributed by atoms with Gasteiger partial charge in [-0.2, -0.15) is 0 Å². The molecular weight excluding hydrogens is 380 g/mol. The minimum Gasteiger partial charge on any atom is -0.484 e. The van der Waals surface area contributed by atoms with Crippen molar-refractivity contribution in [2.45, 2.75) is 25.5 Å². The Morgan fingerprint density at radius 1 is 1.13 bits per heavy atom. The fourth-order valence-electron chi connectivity index (χ4n) is 3.80. The molecule has 0 N–H and O–H groups in total. The summed E-state index contributed by atoms with van der Waals surface area (Å²) >= 11 is 0. The van der Waals surface area contributed by atoms with Crippen molar-refractivity contribution in [3.8, 4) is 5.75 Å². The van der Waals surface area contributed by atoms with E-state index in [1.54, 1.807) is 12.4 Å². The van der Waals surface area contributed by atoms with Gasteiger partial charge in [0.05, 0.1) is 17.3 Å². The highest BCUT2D eigenvalue weighted by Gasteiger charge is 2.32. The SMILES string of the molecule is O=C(c1coc(COc2ccc3ncccc3c2)n1)N1CCCC1c1ccccn1.